The van der Waals surface area contributed by atoms with Crippen LogP contribution in [0.25, 0.3) is 0 Å². The van der Waals surface area contributed by atoms with Crippen LogP contribution in [0.5, 0.6) is 0 Å². The predicted octanol–water partition coefficient (Wildman–Crippen LogP) is 1.83. The second-order valence-corrected chi connectivity index (χ2v) is 3.79. The lowest BCUT2D eigenvalue weighted by molar-refractivity contribution is -0.302. The molecule has 6 heteroatoms. The standard InChI is InChI=1S/C11H20O6/c1-16-17-9(11(14)15)7-5-3-2-4-6-8-10(12)13/h9H,2-8H2,1H3,(H,12,13)(H,14,15). The summed E-state index contributed by atoms with van der Waals surface area (Å²) >= 11 is 0. The fourth-order valence-electron chi connectivity index (χ4n) is 1.47. The van der Waals surface area contributed by atoms with E-state index in [1.165, 1.54) is 7.11 Å². The summed E-state index contributed by atoms with van der Waals surface area (Å²) in [5.74, 6) is -1.80. The molecule has 2 N–H and O–H groups in total. The number of hydrogen-bond acceptors (Lipinski definition) is 4. The molecule has 0 saturated carbocycles. The topological polar surface area (TPSA) is 93.1 Å². The molecule has 0 spiro atoms. The minimum Gasteiger partial charge on any atom is -0.481 e. The van der Waals surface area contributed by atoms with Gasteiger partial charge >= 0.3 is 11.9 Å². The summed E-state index contributed by atoms with van der Waals surface area (Å²) in [6.45, 7) is 0. The highest BCUT2D eigenvalue weighted by Crippen LogP contribution is 2.10. The Morgan fingerprint density at radius 3 is 2.18 bits per heavy atom. The van der Waals surface area contributed by atoms with Crippen LogP contribution in [-0.4, -0.2) is 35.4 Å². The van der Waals surface area contributed by atoms with E-state index in [0.717, 1.165) is 25.7 Å². The molecule has 0 heterocycles. The summed E-state index contributed by atoms with van der Waals surface area (Å²) in [4.78, 5) is 29.8. The molecule has 0 radical (unpaired) electrons. The maximum absolute atomic E-state index is 10.7. The van der Waals surface area contributed by atoms with Gasteiger partial charge in [0.05, 0.1) is 7.11 Å². The van der Waals surface area contributed by atoms with Crippen molar-refractivity contribution in [3.05, 3.63) is 0 Å². The van der Waals surface area contributed by atoms with Crippen molar-refractivity contribution in [2.75, 3.05) is 7.11 Å². The number of aliphatic carboxylic acids is 2. The molecule has 0 amide bonds. The van der Waals surface area contributed by atoms with E-state index >= 15 is 0 Å². The third-order valence-electron chi connectivity index (χ3n) is 2.34. The molecule has 17 heavy (non-hydrogen) atoms. The van der Waals surface area contributed by atoms with Crippen LogP contribution >= 0.6 is 0 Å². The van der Waals surface area contributed by atoms with Crippen LogP contribution in [-0.2, 0) is 19.4 Å². The molecule has 0 aliphatic heterocycles. The van der Waals surface area contributed by atoms with Gasteiger partial charge in [0, 0.05) is 6.42 Å². The lowest BCUT2D eigenvalue weighted by atomic mass is 10.1. The Morgan fingerprint density at radius 1 is 1.06 bits per heavy atom. The normalized spacial score (nSPS) is 12.3. The van der Waals surface area contributed by atoms with Gasteiger partial charge in [-0.25, -0.2) is 14.6 Å². The molecule has 1 atom stereocenters. The molecule has 1 unspecified atom stereocenters. The molecule has 0 aromatic heterocycles. The van der Waals surface area contributed by atoms with Crippen molar-refractivity contribution >= 4 is 11.9 Å². The first kappa shape index (κ1) is 15.9. The Bertz CT molecular complexity index is 228. The number of carboxylic acid groups (broad SMARTS) is 2. The van der Waals surface area contributed by atoms with Crippen LogP contribution in [0.3, 0.4) is 0 Å². The number of hydrogen-bond donors (Lipinski definition) is 2. The Balaban J connectivity index is 3.42. The zero-order chi connectivity index (χ0) is 13.1. The summed E-state index contributed by atoms with van der Waals surface area (Å²) in [5, 5.41) is 17.1. The van der Waals surface area contributed by atoms with Crippen molar-refractivity contribution in [2.45, 2.75) is 51.0 Å². The lowest BCUT2D eigenvalue weighted by Crippen LogP contribution is -2.23. The SMILES string of the molecule is COOC(CCCCCCCC(=O)O)C(=O)O. The third-order valence-corrected chi connectivity index (χ3v) is 2.34. The molecule has 0 bridgehead atoms. The van der Waals surface area contributed by atoms with Crippen LogP contribution in [0, 0.1) is 0 Å². The zero-order valence-corrected chi connectivity index (χ0v) is 10.1. The fourth-order valence-corrected chi connectivity index (χ4v) is 1.47. The maximum atomic E-state index is 10.7. The van der Waals surface area contributed by atoms with E-state index in [2.05, 4.69) is 9.78 Å². The smallest absolute Gasteiger partial charge is 0.336 e. The van der Waals surface area contributed by atoms with Crippen LogP contribution < -0.4 is 0 Å². The number of rotatable bonds is 11. The molecule has 0 aromatic rings. The summed E-state index contributed by atoms with van der Waals surface area (Å²) in [7, 11) is 1.28. The van der Waals surface area contributed by atoms with Crippen molar-refractivity contribution in [3.63, 3.8) is 0 Å². The first-order chi connectivity index (χ1) is 8.07. The molecular weight excluding hydrogens is 228 g/mol. The number of carboxylic acids is 2. The van der Waals surface area contributed by atoms with Crippen molar-refractivity contribution in [2.24, 2.45) is 0 Å². The van der Waals surface area contributed by atoms with Crippen LogP contribution in [0.15, 0.2) is 0 Å². The molecule has 6 nitrogen and oxygen atoms in total. The van der Waals surface area contributed by atoms with Gasteiger partial charge in [-0.3, -0.25) is 4.79 Å². The van der Waals surface area contributed by atoms with Crippen molar-refractivity contribution < 1.29 is 29.6 Å². The minimum absolute atomic E-state index is 0.199. The predicted molar refractivity (Wildman–Crippen MR) is 59.5 cm³/mol. The fraction of sp³-hybridized carbons (Fsp3) is 0.818. The zero-order valence-electron chi connectivity index (χ0n) is 10.1. The lowest BCUT2D eigenvalue weighted by Gasteiger charge is -2.10. The molecule has 0 rings (SSSR count). The Labute approximate surface area is 100 Å². The maximum Gasteiger partial charge on any atom is 0.336 e. The van der Waals surface area contributed by atoms with Gasteiger partial charge < -0.3 is 10.2 Å². The summed E-state index contributed by atoms with van der Waals surface area (Å²) < 4.78 is 0. The second-order valence-electron chi connectivity index (χ2n) is 3.79. The number of unbranched alkanes of at least 4 members (excludes halogenated alkanes) is 4. The molecular formula is C11H20O6. The Hall–Kier alpha value is -1.14. The first-order valence-corrected chi connectivity index (χ1v) is 5.72. The van der Waals surface area contributed by atoms with Gasteiger partial charge in [-0.05, 0) is 12.8 Å². The molecule has 0 aliphatic carbocycles. The average Bonchev–Trinajstić information content (AvgIpc) is 2.25. The summed E-state index contributed by atoms with van der Waals surface area (Å²) in [6, 6.07) is 0. The van der Waals surface area contributed by atoms with Gasteiger partial charge in [0.25, 0.3) is 0 Å². The van der Waals surface area contributed by atoms with Gasteiger partial charge in [0.2, 0.25) is 0 Å². The van der Waals surface area contributed by atoms with E-state index in [-0.39, 0.29) is 6.42 Å². The van der Waals surface area contributed by atoms with Crippen LogP contribution in [0.4, 0.5) is 0 Å². The minimum atomic E-state index is -1.03. The van der Waals surface area contributed by atoms with E-state index in [4.69, 9.17) is 10.2 Å². The van der Waals surface area contributed by atoms with Crippen molar-refractivity contribution in [1.82, 2.24) is 0 Å². The Morgan fingerprint density at radius 2 is 1.65 bits per heavy atom. The molecule has 0 aliphatic rings. The molecule has 0 saturated heterocycles. The van der Waals surface area contributed by atoms with Gasteiger partial charge in [0.1, 0.15) is 0 Å². The first-order valence-electron chi connectivity index (χ1n) is 5.72. The van der Waals surface area contributed by atoms with E-state index in [1.54, 1.807) is 0 Å². The highest BCUT2D eigenvalue weighted by atomic mass is 17.2. The van der Waals surface area contributed by atoms with E-state index in [1.807, 2.05) is 0 Å². The second kappa shape index (κ2) is 10.0. The largest absolute Gasteiger partial charge is 0.481 e. The molecule has 0 fully saturated rings. The number of carbonyl (C=O) groups is 2. The average molecular weight is 248 g/mol. The van der Waals surface area contributed by atoms with Gasteiger partial charge in [-0.2, -0.15) is 0 Å². The van der Waals surface area contributed by atoms with Gasteiger partial charge in [-0.15, -0.1) is 0 Å². The van der Waals surface area contributed by atoms with Gasteiger partial charge in [0.15, 0.2) is 6.10 Å². The highest BCUT2D eigenvalue weighted by Gasteiger charge is 2.17. The van der Waals surface area contributed by atoms with E-state index < -0.39 is 18.0 Å². The molecule has 0 aromatic carbocycles. The molecule has 100 valence electrons. The van der Waals surface area contributed by atoms with Crippen molar-refractivity contribution in [1.29, 1.82) is 0 Å². The van der Waals surface area contributed by atoms with Crippen LogP contribution in [0.1, 0.15) is 44.9 Å². The quantitative estimate of drug-likeness (QED) is 0.329. The van der Waals surface area contributed by atoms with Crippen molar-refractivity contribution in [3.8, 4) is 0 Å². The van der Waals surface area contributed by atoms with E-state index in [0.29, 0.717) is 12.8 Å². The highest BCUT2D eigenvalue weighted by molar-refractivity contribution is 5.72. The Kier molecular flexibility index (Phi) is 9.37. The summed E-state index contributed by atoms with van der Waals surface area (Å²) in [5.41, 5.74) is 0. The monoisotopic (exact) mass is 248 g/mol. The third kappa shape index (κ3) is 9.77. The summed E-state index contributed by atoms with van der Waals surface area (Å²) in [6.07, 6.45) is 3.73. The van der Waals surface area contributed by atoms with Gasteiger partial charge in [-0.1, -0.05) is 25.7 Å². The van der Waals surface area contributed by atoms with Crippen LogP contribution in [0.2, 0.25) is 0 Å². The van der Waals surface area contributed by atoms with E-state index in [9.17, 15) is 9.59 Å².